The lowest BCUT2D eigenvalue weighted by atomic mass is 10.1. The van der Waals surface area contributed by atoms with Crippen LogP contribution in [0.3, 0.4) is 0 Å². The summed E-state index contributed by atoms with van der Waals surface area (Å²) in [6.07, 6.45) is 0.420. The lowest BCUT2D eigenvalue weighted by Gasteiger charge is -2.26. The molecule has 0 radical (unpaired) electrons. The molecule has 0 aliphatic rings. The summed E-state index contributed by atoms with van der Waals surface area (Å²) >= 11 is 0. The van der Waals surface area contributed by atoms with E-state index in [0.717, 1.165) is 24.3 Å². The predicted molar refractivity (Wildman–Crippen MR) is 110 cm³/mol. The predicted octanol–water partition coefficient (Wildman–Crippen LogP) is 4.62. The topological polar surface area (TPSA) is 63.7 Å². The van der Waals surface area contributed by atoms with Crippen LogP contribution in [0.15, 0.2) is 53.4 Å². The van der Waals surface area contributed by atoms with Crippen LogP contribution in [0.5, 0.6) is 5.75 Å². The zero-order chi connectivity index (χ0) is 21.6. The second-order valence-electron chi connectivity index (χ2n) is 7.87. The van der Waals surface area contributed by atoms with Crippen LogP contribution in [0.4, 0.5) is 4.39 Å². The molecule has 0 spiro atoms. The van der Waals surface area contributed by atoms with E-state index < -0.39 is 15.9 Å². The molecule has 5 nitrogen and oxygen atoms in total. The lowest BCUT2D eigenvalue weighted by Crippen LogP contribution is -2.34. The molecule has 2 aromatic carbocycles. The van der Waals surface area contributed by atoms with Gasteiger partial charge < -0.3 is 9.08 Å². The molecule has 0 fully saturated rings. The number of amides is 1. The van der Waals surface area contributed by atoms with Gasteiger partial charge in [0, 0.05) is 25.1 Å². The third-order valence-corrected chi connectivity index (χ3v) is 5.41. The van der Waals surface area contributed by atoms with Gasteiger partial charge in [0.15, 0.2) is 0 Å². The molecule has 29 heavy (non-hydrogen) atoms. The Bertz CT molecular complexity index is 924. The largest absolute Gasteiger partial charge is 0.379 e. The molecule has 2 aromatic rings. The van der Waals surface area contributed by atoms with Crippen LogP contribution >= 0.6 is 0 Å². The van der Waals surface area contributed by atoms with Crippen molar-refractivity contribution in [2.24, 2.45) is 11.8 Å². The number of para-hydroxylation sites is 1. The molecule has 0 unspecified atom stereocenters. The fraction of sp³-hybridized carbons (Fsp3) is 0.409. The van der Waals surface area contributed by atoms with Gasteiger partial charge in [0.2, 0.25) is 5.91 Å². The maximum absolute atomic E-state index is 13.1. The van der Waals surface area contributed by atoms with E-state index >= 15 is 0 Å². The van der Waals surface area contributed by atoms with Crippen molar-refractivity contribution in [3.8, 4) is 5.75 Å². The van der Waals surface area contributed by atoms with E-state index in [1.54, 1.807) is 29.2 Å². The molecule has 0 saturated carbocycles. The fourth-order valence-electron chi connectivity index (χ4n) is 2.86. The highest BCUT2D eigenvalue weighted by Gasteiger charge is 2.22. The van der Waals surface area contributed by atoms with E-state index in [0.29, 0.717) is 18.5 Å². The first-order valence-electron chi connectivity index (χ1n) is 9.64. The lowest BCUT2D eigenvalue weighted by molar-refractivity contribution is -0.133. The molecule has 158 valence electrons. The highest BCUT2D eigenvalue weighted by Crippen LogP contribution is 2.25. The van der Waals surface area contributed by atoms with Crippen LogP contribution in [-0.4, -0.2) is 25.8 Å². The van der Waals surface area contributed by atoms with E-state index in [1.807, 2.05) is 27.7 Å². The van der Waals surface area contributed by atoms with Gasteiger partial charge in [-0.05, 0) is 42.2 Å². The Kier molecular flexibility index (Phi) is 7.79. The van der Waals surface area contributed by atoms with Gasteiger partial charge in [-0.3, -0.25) is 4.79 Å². The van der Waals surface area contributed by atoms with Crippen LogP contribution in [-0.2, 0) is 21.5 Å². The third kappa shape index (κ3) is 6.85. The van der Waals surface area contributed by atoms with Crippen LogP contribution in [0.2, 0.25) is 0 Å². The maximum Gasteiger partial charge on any atom is 0.339 e. The highest BCUT2D eigenvalue weighted by atomic mass is 32.2. The van der Waals surface area contributed by atoms with Crippen molar-refractivity contribution in [2.45, 2.75) is 45.6 Å². The quantitative estimate of drug-likeness (QED) is 0.554. The second kappa shape index (κ2) is 9.87. The molecular formula is C22H28FNO4S. The van der Waals surface area contributed by atoms with E-state index in [4.69, 9.17) is 4.18 Å². The average molecular weight is 422 g/mol. The van der Waals surface area contributed by atoms with E-state index in [1.165, 1.54) is 0 Å². The minimum atomic E-state index is -4.12. The molecule has 2 rings (SSSR count). The zero-order valence-corrected chi connectivity index (χ0v) is 18.1. The summed E-state index contributed by atoms with van der Waals surface area (Å²) in [7, 11) is -4.12. The Morgan fingerprint density at radius 3 is 2.21 bits per heavy atom. The number of nitrogens with zero attached hydrogens (tertiary/aromatic N) is 1. The normalized spacial score (nSPS) is 11.7. The van der Waals surface area contributed by atoms with Gasteiger partial charge in [-0.2, -0.15) is 8.42 Å². The van der Waals surface area contributed by atoms with Gasteiger partial charge in [-0.1, -0.05) is 45.9 Å². The van der Waals surface area contributed by atoms with Crippen molar-refractivity contribution >= 4 is 16.0 Å². The molecule has 1 amide bonds. The van der Waals surface area contributed by atoms with E-state index in [2.05, 4.69) is 0 Å². The number of rotatable bonds is 9. The molecule has 0 aliphatic heterocycles. The van der Waals surface area contributed by atoms with Crippen molar-refractivity contribution in [3.63, 3.8) is 0 Å². The Morgan fingerprint density at radius 1 is 1.00 bits per heavy atom. The number of carbonyl (C=O) groups is 1. The average Bonchev–Trinajstić information content (AvgIpc) is 2.62. The first-order valence-corrected chi connectivity index (χ1v) is 11.0. The van der Waals surface area contributed by atoms with E-state index in [-0.39, 0.29) is 34.9 Å². The number of hydrogen-bond acceptors (Lipinski definition) is 4. The molecule has 0 N–H and O–H groups in total. The molecule has 0 atom stereocenters. The summed E-state index contributed by atoms with van der Waals surface area (Å²) in [5.41, 5.74) is 0.593. The van der Waals surface area contributed by atoms with Crippen molar-refractivity contribution in [1.82, 2.24) is 4.90 Å². The van der Waals surface area contributed by atoms with Crippen molar-refractivity contribution in [3.05, 3.63) is 59.9 Å². The highest BCUT2D eigenvalue weighted by molar-refractivity contribution is 7.87. The number of benzene rings is 2. The van der Waals surface area contributed by atoms with Crippen LogP contribution in [0.1, 0.15) is 39.7 Å². The van der Waals surface area contributed by atoms with Crippen molar-refractivity contribution in [2.75, 3.05) is 6.54 Å². The number of halogens is 1. The molecule has 0 aliphatic carbocycles. The Balaban J connectivity index is 2.28. The standard InChI is InChI=1S/C22H28FNO4S/c1-16(2)13-22(25)24(14-17(3)4)15-18-7-5-6-8-21(18)28-29(26,27)20-11-9-19(23)10-12-20/h5-12,16-17H,13-15H2,1-4H3. The first kappa shape index (κ1) is 22.9. The van der Waals surface area contributed by atoms with E-state index in [9.17, 15) is 17.6 Å². The van der Waals surface area contributed by atoms with Crippen LogP contribution in [0.25, 0.3) is 0 Å². The van der Waals surface area contributed by atoms with Gasteiger partial charge in [0.05, 0.1) is 0 Å². The summed E-state index contributed by atoms with van der Waals surface area (Å²) in [5, 5.41) is 0. The Labute approximate surface area is 172 Å². The second-order valence-corrected chi connectivity index (χ2v) is 9.41. The van der Waals surface area contributed by atoms with Crippen LogP contribution < -0.4 is 4.18 Å². The Morgan fingerprint density at radius 2 is 1.62 bits per heavy atom. The third-order valence-electron chi connectivity index (χ3n) is 4.16. The number of hydrogen-bond donors (Lipinski definition) is 0. The Hall–Kier alpha value is -2.41. The van der Waals surface area contributed by atoms with Gasteiger partial charge in [-0.15, -0.1) is 0 Å². The molecule has 7 heteroatoms. The molecule has 0 heterocycles. The van der Waals surface area contributed by atoms with Gasteiger partial charge >= 0.3 is 10.1 Å². The van der Waals surface area contributed by atoms with Crippen molar-refractivity contribution in [1.29, 1.82) is 0 Å². The minimum absolute atomic E-state index is 0.0184. The van der Waals surface area contributed by atoms with Gasteiger partial charge in [-0.25, -0.2) is 4.39 Å². The maximum atomic E-state index is 13.1. The smallest absolute Gasteiger partial charge is 0.339 e. The fourth-order valence-corrected chi connectivity index (χ4v) is 3.83. The first-order chi connectivity index (χ1) is 13.6. The summed E-state index contributed by atoms with van der Waals surface area (Å²) < 4.78 is 43.6. The number of carbonyl (C=O) groups excluding carboxylic acids is 1. The minimum Gasteiger partial charge on any atom is -0.379 e. The summed E-state index contributed by atoms with van der Waals surface area (Å²) in [5.74, 6) is 0.134. The molecule has 0 aromatic heterocycles. The van der Waals surface area contributed by atoms with Crippen LogP contribution in [0, 0.1) is 17.7 Å². The van der Waals surface area contributed by atoms with Gasteiger partial charge in [0.1, 0.15) is 16.5 Å². The molecular weight excluding hydrogens is 393 g/mol. The summed E-state index contributed by atoms with van der Waals surface area (Å²) in [6.45, 7) is 8.83. The van der Waals surface area contributed by atoms with Crippen molar-refractivity contribution < 1.29 is 21.8 Å². The summed E-state index contributed by atoms with van der Waals surface area (Å²) in [6, 6.07) is 11.2. The van der Waals surface area contributed by atoms with Gasteiger partial charge in [0.25, 0.3) is 0 Å². The monoisotopic (exact) mass is 421 g/mol. The zero-order valence-electron chi connectivity index (χ0n) is 17.3. The SMILES string of the molecule is CC(C)CC(=O)N(Cc1ccccc1OS(=O)(=O)c1ccc(F)cc1)CC(C)C. The molecule has 0 saturated heterocycles. The molecule has 0 bridgehead atoms. The summed E-state index contributed by atoms with van der Waals surface area (Å²) in [4.78, 5) is 14.3.